The molecule has 0 aromatic rings. The zero-order chi connectivity index (χ0) is 0. The van der Waals surface area contributed by atoms with E-state index in [1.165, 1.54) is 0 Å². The molecule has 0 amide bonds. The molecule has 9 heavy (non-hydrogen) atoms. The van der Waals surface area contributed by atoms with Crippen molar-refractivity contribution in [2.45, 2.75) is 0 Å². The van der Waals surface area contributed by atoms with Gasteiger partial charge >= 0.3 is 62.0 Å². The Balaban J connectivity index is 0. The first-order valence-electron chi connectivity index (χ1n) is 0. The van der Waals surface area contributed by atoms with E-state index in [1.54, 1.807) is 0 Å². The van der Waals surface area contributed by atoms with Crippen molar-refractivity contribution in [1.29, 1.82) is 0 Å². The van der Waals surface area contributed by atoms with E-state index in [9.17, 15) is 0 Å². The van der Waals surface area contributed by atoms with Crippen LogP contribution in [-0.2, 0) is 94.9 Å². The van der Waals surface area contributed by atoms with Crippen LogP contribution in [0.4, 0.5) is 0 Å². The van der Waals surface area contributed by atoms with Gasteiger partial charge in [-0.15, -0.1) is 0 Å². The van der Waals surface area contributed by atoms with E-state index in [-0.39, 0.29) is 94.9 Å². The van der Waals surface area contributed by atoms with Gasteiger partial charge in [0, 0.05) is 0 Å². The van der Waals surface area contributed by atoms with Gasteiger partial charge in [-0.2, -0.15) is 0 Å². The average molecular weight is 351 g/mol. The molecule has 0 heterocycles. The van der Waals surface area contributed by atoms with Gasteiger partial charge in [0.1, 0.15) is 0 Å². The van der Waals surface area contributed by atoms with Crippen molar-refractivity contribution in [1.82, 2.24) is 0 Å². The maximum absolute atomic E-state index is 0. The second-order valence-corrected chi connectivity index (χ2v) is 0. The van der Waals surface area contributed by atoms with Crippen molar-refractivity contribution < 1.29 is 94.9 Å². The summed E-state index contributed by atoms with van der Waals surface area (Å²) in [7, 11) is 0. The molecule has 0 bridgehead atoms. The van der Waals surface area contributed by atoms with Gasteiger partial charge in [0.25, 0.3) is 0 Å². The third kappa shape index (κ3) is 188. The van der Waals surface area contributed by atoms with E-state index in [0.717, 1.165) is 0 Å². The molecule has 0 N–H and O–H groups in total. The molecule has 0 aliphatic rings. The Hall–Kier alpha value is 1.77. The Morgan fingerprint density at radius 1 is 0.444 bits per heavy atom. The monoisotopic (exact) mass is 352 g/mol. The summed E-state index contributed by atoms with van der Waals surface area (Å²) < 4.78 is 0. The normalized spacial score (nSPS) is 0. The van der Waals surface area contributed by atoms with Gasteiger partial charge < -0.3 is 32.9 Å². The third-order valence-electron chi connectivity index (χ3n) is 0. The summed E-state index contributed by atoms with van der Waals surface area (Å²) >= 11 is 0. The first-order valence-corrected chi connectivity index (χ1v) is 0. The third-order valence-corrected chi connectivity index (χ3v) is 0. The Morgan fingerprint density at radius 2 is 0.444 bits per heavy atom. The van der Waals surface area contributed by atoms with Crippen molar-refractivity contribution in [2.24, 2.45) is 0 Å². The fourth-order valence-electron chi connectivity index (χ4n) is 0. The summed E-state index contributed by atoms with van der Waals surface area (Å²) in [6.45, 7) is 0. The standard InChI is InChI=1S/Ag.Mo.6O.V/q+1;+6;6*-2;+5. The zero-order valence-electron chi connectivity index (χ0n) is 3.61. The molecule has 0 saturated heterocycles. The summed E-state index contributed by atoms with van der Waals surface area (Å²) in [6.07, 6.45) is 0. The van der Waals surface area contributed by atoms with Crippen molar-refractivity contribution in [3.8, 4) is 0 Å². The largest absolute Gasteiger partial charge is 6.00 e. The molecular weight excluding hydrogens is 351 g/mol. The second kappa shape index (κ2) is 239. The average Bonchev–Trinajstić information content (AvgIpc) is 0. The minimum atomic E-state index is 0. The SMILES string of the molecule is [Ag+].[Mo+6].[O-2].[O-2].[O-2].[O-2].[O-2].[O-2].[V+5]. The number of hydrogen-bond acceptors (Lipinski definition) is 0. The van der Waals surface area contributed by atoms with Crippen LogP contribution in [0.25, 0.3) is 0 Å². The fourth-order valence-corrected chi connectivity index (χ4v) is 0. The predicted octanol–water partition coefficient (Wildman–Crippen LogP) is -0.720. The van der Waals surface area contributed by atoms with Crippen LogP contribution in [0.15, 0.2) is 0 Å². The zero-order valence-corrected chi connectivity index (χ0v) is 8.49. The van der Waals surface area contributed by atoms with Crippen LogP contribution in [0.3, 0.4) is 0 Å². The van der Waals surface area contributed by atoms with Crippen LogP contribution in [0.5, 0.6) is 0 Å². The van der Waals surface area contributed by atoms with E-state index in [2.05, 4.69) is 0 Å². The van der Waals surface area contributed by atoms with E-state index in [0.29, 0.717) is 0 Å². The first kappa shape index (κ1) is 327. The molecule has 0 spiro atoms. The fraction of sp³-hybridized carbons (Fsp3) is 0. The molecule has 0 aromatic heterocycles. The quantitative estimate of drug-likeness (QED) is 0.502. The van der Waals surface area contributed by atoms with Crippen molar-refractivity contribution in [2.75, 3.05) is 0 Å². The molecule has 0 fully saturated rings. The second-order valence-electron chi connectivity index (χ2n) is 0. The van der Waals surface area contributed by atoms with Gasteiger partial charge in [-0.25, -0.2) is 0 Å². The van der Waals surface area contributed by atoms with E-state index < -0.39 is 0 Å². The Labute approximate surface area is 94.3 Å². The maximum Gasteiger partial charge on any atom is 6.00 e. The summed E-state index contributed by atoms with van der Waals surface area (Å²) in [5.74, 6) is 0. The van der Waals surface area contributed by atoms with Gasteiger partial charge in [0.15, 0.2) is 0 Å². The molecule has 0 aliphatic heterocycles. The van der Waals surface area contributed by atoms with Crippen LogP contribution in [0, 0.1) is 0 Å². The van der Waals surface area contributed by atoms with Gasteiger partial charge in [-0.05, 0) is 0 Å². The molecule has 0 unspecified atom stereocenters. The molecule has 0 saturated carbocycles. The topological polar surface area (TPSA) is 171 Å². The Morgan fingerprint density at radius 3 is 0.444 bits per heavy atom. The Bertz CT molecular complexity index is 13.0. The maximum atomic E-state index is 0. The first-order chi connectivity index (χ1) is 0. The van der Waals surface area contributed by atoms with E-state index in [1.807, 2.05) is 0 Å². The molecule has 9 heteroatoms. The van der Waals surface area contributed by atoms with Crippen LogP contribution in [0.1, 0.15) is 0 Å². The molecule has 0 aromatic carbocycles. The van der Waals surface area contributed by atoms with Crippen LogP contribution >= 0.6 is 0 Å². The molecule has 0 radical (unpaired) electrons. The van der Waals surface area contributed by atoms with E-state index in [4.69, 9.17) is 0 Å². The van der Waals surface area contributed by atoms with Gasteiger partial charge in [-0.3, -0.25) is 0 Å². The molecule has 0 aliphatic carbocycles. The van der Waals surface area contributed by atoms with Crippen molar-refractivity contribution >= 4 is 0 Å². The van der Waals surface area contributed by atoms with Gasteiger partial charge in [-0.1, -0.05) is 0 Å². The molecule has 58 valence electrons. The van der Waals surface area contributed by atoms with Crippen molar-refractivity contribution in [3.05, 3.63) is 0 Å². The minimum Gasteiger partial charge on any atom is -2.00 e. The van der Waals surface area contributed by atoms with Gasteiger partial charge in [0.05, 0.1) is 0 Å². The minimum absolute atomic E-state index is 0. The predicted molar refractivity (Wildman–Crippen MR) is 4.12 cm³/mol. The summed E-state index contributed by atoms with van der Waals surface area (Å²) in [4.78, 5) is 0. The number of rotatable bonds is 0. The van der Waals surface area contributed by atoms with Crippen molar-refractivity contribution in [3.63, 3.8) is 0 Å². The molecule has 0 rings (SSSR count). The summed E-state index contributed by atoms with van der Waals surface area (Å²) in [5.41, 5.74) is 0. The van der Waals surface area contributed by atoms with Crippen LogP contribution < -0.4 is 0 Å². The van der Waals surface area contributed by atoms with Gasteiger partial charge in [0.2, 0.25) is 0 Å². The number of hydrogen-bond donors (Lipinski definition) is 0. The summed E-state index contributed by atoms with van der Waals surface area (Å²) in [5, 5.41) is 0. The molecular formula is AgMoO6V. The Kier molecular flexibility index (Phi) is 8700. The van der Waals surface area contributed by atoms with E-state index >= 15 is 0 Å². The molecule has 0 atom stereocenters. The van der Waals surface area contributed by atoms with Crippen LogP contribution in [0.2, 0.25) is 0 Å². The smallest absolute Gasteiger partial charge is 2.00 e. The summed E-state index contributed by atoms with van der Waals surface area (Å²) in [6, 6.07) is 0. The molecule has 6 nitrogen and oxygen atoms in total. The van der Waals surface area contributed by atoms with Crippen LogP contribution in [-0.4, -0.2) is 0 Å².